The highest BCUT2D eigenvalue weighted by atomic mass is 16.5. The van der Waals surface area contributed by atoms with Gasteiger partial charge in [0.1, 0.15) is 0 Å². The summed E-state index contributed by atoms with van der Waals surface area (Å²) in [5.74, 6) is 0. The summed E-state index contributed by atoms with van der Waals surface area (Å²) in [6.45, 7) is 7.16. The molecule has 2 amide bonds. The van der Waals surface area contributed by atoms with Gasteiger partial charge >= 0.3 is 6.03 Å². The van der Waals surface area contributed by atoms with Crippen molar-refractivity contribution in [3.8, 4) is 0 Å². The summed E-state index contributed by atoms with van der Waals surface area (Å²) < 4.78 is 5.33. The van der Waals surface area contributed by atoms with E-state index in [1.54, 1.807) is 0 Å². The van der Waals surface area contributed by atoms with E-state index in [0.29, 0.717) is 13.2 Å². The highest BCUT2D eigenvalue weighted by molar-refractivity contribution is 5.74. The third-order valence-electron chi connectivity index (χ3n) is 4.79. The first-order valence-corrected chi connectivity index (χ1v) is 8.74. The van der Waals surface area contributed by atoms with E-state index < -0.39 is 0 Å². The van der Waals surface area contributed by atoms with Crippen molar-refractivity contribution in [1.82, 2.24) is 14.7 Å². The molecule has 6 heteroatoms. The van der Waals surface area contributed by atoms with Crippen LogP contribution in [-0.4, -0.2) is 87.3 Å². The maximum Gasteiger partial charge on any atom is 0.320 e. The molecule has 1 aromatic carbocycles. The van der Waals surface area contributed by atoms with Crippen LogP contribution in [0, 0.1) is 0 Å². The van der Waals surface area contributed by atoms with Crippen LogP contribution in [0.25, 0.3) is 0 Å². The van der Waals surface area contributed by atoms with Crippen molar-refractivity contribution < 1.29 is 9.53 Å². The minimum atomic E-state index is 0.173. The van der Waals surface area contributed by atoms with Crippen LogP contribution in [0.4, 0.5) is 10.5 Å². The summed E-state index contributed by atoms with van der Waals surface area (Å²) in [7, 11) is 4.16. The number of ether oxygens (including phenoxy) is 1. The third kappa shape index (κ3) is 3.99. The molecule has 0 radical (unpaired) electrons. The summed E-state index contributed by atoms with van der Waals surface area (Å²) in [6, 6.07) is 8.71. The van der Waals surface area contributed by atoms with Gasteiger partial charge in [0.25, 0.3) is 0 Å². The van der Waals surface area contributed by atoms with Gasteiger partial charge < -0.3 is 19.4 Å². The lowest BCUT2D eigenvalue weighted by molar-refractivity contribution is 0.0373. The normalized spacial score (nSPS) is 19.4. The fourth-order valence-electron chi connectivity index (χ4n) is 3.37. The molecule has 2 aliphatic heterocycles. The Kier molecular flexibility index (Phi) is 5.58. The van der Waals surface area contributed by atoms with Gasteiger partial charge in [-0.2, -0.15) is 0 Å². The van der Waals surface area contributed by atoms with E-state index in [2.05, 4.69) is 48.2 Å². The zero-order valence-electron chi connectivity index (χ0n) is 14.8. The molecule has 0 spiro atoms. The standard InChI is InChI=1S/C18H28N4O2/c1-19(2)17-6-4-3-5-16(17)15-20-7-9-21(10-8-20)18(23)22-11-13-24-14-12-22/h3-6H,7-15H2,1-2H3. The molecule has 0 atom stereocenters. The van der Waals surface area contributed by atoms with Crippen molar-refractivity contribution in [1.29, 1.82) is 0 Å². The lowest BCUT2D eigenvalue weighted by atomic mass is 10.1. The number of benzene rings is 1. The van der Waals surface area contributed by atoms with Crippen LogP contribution in [0.3, 0.4) is 0 Å². The number of hydrogen-bond donors (Lipinski definition) is 0. The van der Waals surface area contributed by atoms with Gasteiger partial charge in [0, 0.05) is 65.6 Å². The average Bonchev–Trinajstić information content (AvgIpc) is 2.63. The molecule has 2 saturated heterocycles. The number of rotatable bonds is 3. The summed E-state index contributed by atoms with van der Waals surface area (Å²) >= 11 is 0. The maximum atomic E-state index is 12.5. The summed E-state index contributed by atoms with van der Waals surface area (Å²) in [6.07, 6.45) is 0. The number of urea groups is 1. The van der Waals surface area contributed by atoms with Gasteiger partial charge in [-0.25, -0.2) is 4.79 Å². The minimum Gasteiger partial charge on any atom is -0.378 e. The minimum absolute atomic E-state index is 0.173. The Morgan fingerprint density at radius 1 is 1.00 bits per heavy atom. The number of hydrogen-bond acceptors (Lipinski definition) is 4. The van der Waals surface area contributed by atoms with E-state index in [1.807, 2.05) is 9.80 Å². The van der Waals surface area contributed by atoms with Crippen LogP contribution < -0.4 is 4.90 Å². The zero-order chi connectivity index (χ0) is 16.9. The molecule has 0 bridgehead atoms. The fraction of sp³-hybridized carbons (Fsp3) is 0.611. The number of carbonyl (C=O) groups is 1. The molecule has 1 aromatic rings. The Bertz CT molecular complexity index is 550. The summed E-state index contributed by atoms with van der Waals surface area (Å²) in [5, 5.41) is 0. The second kappa shape index (κ2) is 7.85. The van der Waals surface area contributed by atoms with Gasteiger partial charge in [0.15, 0.2) is 0 Å². The van der Waals surface area contributed by atoms with Gasteiger partial charge in [-0.15, -0.1) is 0 Å². The average molecular weight is 332 g/mol. The van der Waals surface area contributed by atoms with Crippen LogP contribution in [-0.2, 0) is 11.3 Å². The predicted molar refractivity (Wildman–Crippen MR) is 95.4 cm³/mol. The monoisotopic (exact) mass is 332 g/mol. The summed E-state index contributed by atoms with van der Waals surface area (Å²) in [5.41, 5.74) is 2.61. The molecular weight excluding hydrogens is 304 g/mol. The third-order valence-corrected chi connectivity index (χ3v) is 4.79. The van der Waals surface area contributed by atoms with Gasteiger partial charge in [-0.05, 0) is 11.6 Å². The van der Waals surface area contributed by atoms with Crippen molar-refractivity contribution in [3.63, 3.8) is 0 Å². The van der Waals surface area contributed by atoms with E-state index in [-0.39, 0.29) is 6.03 Å². The summed E-state index contributed by atoms with van der Waals surface area (Å²) in [4.78, 5) is 21.0. The molecule has 6 nitrogen and oxygen atoms in total. The Morgan fingerprint density at radius 3 is 2.29 bits per heavy atom. The number of amides is 2. The number of morpholine rings is 1. The molecule has 2 fully saturated rings. The molecule has 24 heavy (non-hydrogen) atoms. The first-order valence-electron chi connectivity index (χ1n) is 8.74. The number of carbonyl (C=O) groups excluding carboxylic acids is 1. The molecule has 2 aliphatic rings. The number of para-hydroxylation sites is 1. The molecule has 132 valence electrons. The fourth-order valence-corrected chi connectivity index (χ4v) is 3.37. The van der Waals surface area contributed by atoms with Gasteiger partial charge in [-0.1, -0.05) is 18.2 Å². The quantitative estimate of drug-likeness (QED) is 0.837. The molecule has 0 saturated carbocycles. The van der Waals surface area contributed by atoms with Crippen molar-refractivity contribution in [3.05, 3.63) is 29.8 Å². The molecule has 0 aliphatic carbocycles. The number of nitrogens with zero attached hydrogens (tertiary/aromatic N) is 4. The van der Waals surface area contributed by atoms with Crippen LogP contribution in [0.1, 0.15) is 5.56 Å². The lowest BCUT2D eigenvalue weighted by Crippen LogP contribution is -2.54. The second-order valence-corrected chi connectivity index (χ2v) is 6.67. The maximum absolute atomic E-state index is 12.5. The lowest BCUT2D eigenvalue weighted by Gasteiger charge is -2.38. The molecular formula is C18H28N4O2. The van der Waals surface area contributed by atoms with E-state index >= 15 is 0 Å². The molecule has 0 N–H and O–H groups in total. The molecule has 0 aromatic heterocycles. The smallest absolute Gasteiger partial charge is 0.320 e. The number of piperazine rings is 1. The second-order valence-electron chi connectivity index (χ2n) is 6.67. The first kappa shape index (κ1) is 17.0. The van der Waals surface area contributed by atoms with Crippen molar-refractivity contribution in [2.45, 2.75) is 6.54 Å². The van der Waals surface area contributed by atoms with Gasteiger partial charge in [0.2, 0.25) is 0 Å². The largest absolute Gasteiger partial charge is 0.378 e. The highest BCUT2D eigenvalue weighted by Gasteiger charge is 2.26. The van der Waals surface area contributed by atoms with Crippen LogP contribution in [0.2, 0.25) is 0 Å². The topological polar surface area (TPSA) is 39.3 Å². The van der Waals surface area contributed by atoms with Crippen molar-refractivity contribution in [2.75, 3.05) is 71.5 Å². The van der Waals surface area contributed by atoms with Crippen LogP contribution in [0.15, 0.2) is 24.3 Å². The Balaban J connectivity index is 1.53. The van der Waals surface area contributed by atoms with E-state index in [1.165, 1.54) is 11.3 Å². The Labute approximate surface area is 144 Å². The van der Waals surface area contributed by atoms with Gasteiger partial charge in [0.05, 0.1) is 13.2 Å². The van der Waals surface area contributed by atoms with Gasteiger partial charge in [-0.3, -0.25) is 4.90 Å². The zero-order valence-corrected chi connectivity index (χ0v) is 14.8. The first-order chi connectivity index (χ1) is 11.6. The number of anilines is 1. The van der Waals surface area contributed by atoms with Crippen LogP contribution >= 0.6 is 0 Å². The van der Waals surface area contributed by atoms with Crippen molar-refractivity contribution in [2.24, 2.45) is 0 Å². The van der Waals surface area contributed by atoms with E-state index in [9.17, 15) is 4.79 Å². The Morgan fingerprint density at radius 2 is 1.62 bits per heavy atom. The highest BCUT2D eigenvalue weighted by Crippen LogP contribution is 2.20. The van der Waals surface area contributed by atoms with Crippen molar-refractivity contribution >= 4 is 11.7 Å². The molecule has 0 unspecified atom stereocenters. The van der Waals surface area contributed by atoms with E-state index in [0.717, 1.165) is 45.8 Å². The van der Waals surface area contributed by atoms with Crippen LogP contribution in [0.5, 0.6) is 0 Å². The van der Waals surface area contributed by atoms with E-state index in [4.69, 9.17) is 4.74 Å². The Hall–Kier alpha value is -1.79. The molecule has 2 heterocycles. The SMILES string of the molecule is CN(C)c1ccccc1CN1CCN(C(=O)N2CCOCC2)CC1. The molecule has 3 rings (SSSR count). The predicted octanol–water partition coefficient (Wildman–Crippen LogP) is 1.32.